The van der Waals surface area contributed by atoms with Crippen LogP contribution in [0.3, 0.4) is 0 Å². The molecule has 29 heavy (non-hydrogen) atoms. The first-order valence-corrected chi connectivity index (χ1v) is 9.97. The van der Waals surface area contributed by atoms with Crippen LogP contribution in [0.1, 0.15) is 38.7 Å². The number of amides is 4. The van der Waals surface area contributed by atoms with E-state index in [1.165, 1.54) is 0 Å². The molecule has 4 rings (SSSR count). The van der Waals surface area contributed by atoms with Crippen LogP contribution in [0.2, 0.25) is 0 Å². The Morgan fingerprint density at radius 3 is 2.69 bits per heavy atom. The van der Waals surface area contributed by atoms with Gasteiger partial charge in [-0.3, -0.25) is 14.5 Å². The minimum atomic E-state index is -1.27. The first-order valence-electron chi connectivity index (χ1n) is 9.97. The van der Waals surface area contributed by atoms with Crippen LogP contribution in [0.5, 0.6) is 11.5 Å². The van der Waals surface area contributed by atoms with Gasteiger partial charge >= 0.3 is 6.03 Å². The van der Waals surface area contributed by atoms with E-state index in [0.717, 1.165) is 29.9 Å². The highest BCUT2D eigenvalue weighted by Crippen LogP contribution is 2.37. The lowest BCUT2D eigenvalue weighted by Gasteiger charge is -2.26. The summed E-state index contributed by atoms with van der Waals surface area (Å²) in [4.78, 5) is 41.2. The van der Waals surface area contributed by atoms with E-state index < -0.39 is 17.5 Å². The molecule has 1 N–H and O–H groups in total. The van der Waals surface area contributed by atoms with Crippen LogP contribution in [0.25, 0.3) is 0 Å². The molecule has 0 radical (unpaired) electrons. The van der Waals surface area contributed by atoms with Crippen molar-refractivity contribution in [3.05, 3.63) is 35.5 Å². The first-order chi connectivity index (χ1) is 13.9. The van der Waals surface area contributed by atoms with Gasteiger partial charge < -0.3 is 19.7 Å². The number of rotatable bonds is 5. The summed E-state index contributed by atoms with van der Waals surface area (Å²) < 4.78 is 11.1. The molecule has 8 nitrogen and oxygen atoms in total. The second-order valence-electron chi connectivity index (χ2n) is 7.53. The SMILES string of the molecule is CCN(C(=O)CN1C(=O)NC(C)(c2ccc3c(c2)OCCO3)C1=O)C1=CCCC1. The third-order valence-corrected chi connectivity index (χ3v) is 5.67. The Hall–Kier alpha value is -3.03. The number of nitrogens with zero attached hydrogens (tertiary/aromatic N) is 2. The number of likely N-dealkylation sites (N-methyl/N-ethyl adjacent to an activating group) is 1. The molecule has 1 aromatic carbocycles. The molecule has 0 spiro atoms. The van der Waals surface area contributed by atoms with E-state index in [-0.39, 0.29) is 12.5 Å². The van der Waals surface area contributed by atoms with Crippen LogP contribution < -0.4 is 14.8 Å². The van der Waals surface area contributed by atoms with Crippen molar-refractivity contribution in [2.45, 2.75) is 38.6 Å². The summed E-state index contributed by atoms with van der Waals surface area (Å²) in [6, 6.07) is 4.60. The average Bonchev–Trinajstić information content (AvgIpc) is 3.32. The van der Waals surface area contributed by atoms with E-state index in [2.05, 4.69) is 5.32 Å². The fourth-order valence-corrected chi connectivity index (χ4v) is 4.05. The lowest BCUT2D eigenvalue weighted by molar-refractivity contribution is -0.137. The summed E-state index contributed by atoms with van der Waals surface area (Å²) >= 11 is 0. The zero-order valence-electron chi connectivity index (χ0n) is 16.7. The molecule has 2 heterocycles. The molecule has 1 saturated heterocycles. The van der Waals surface area contributed by atoms with Gasteiger partial charge in [-0.1, -0.05) is 12.1 Å². The third kappa shape index (κ3) is 3.32. The molecule has 1 unspecified atom stereocenters. The molecule has 1 aliphatic carbocycles. The molecule has 0 aromatic heterocycles. The highest BCUT2D eigenvalue weighted by atomic mass is 16.6. The fraction of sp³-hybridized carbons (Fsp3) is 0.476. The van der Waals surface area contributed by atoms with Gasteiger partial charge in [0.05, 0.1) is 0 Å². The van der Waals surface area contributed by atoms with E-state index in [0.29, 0.717) is 36.8 Å². The van der Waals surface area contributed by atoms with Gasteiger partial charge in [0, 0.05) is 12.2 Å². The summed E-state index contributed by atoms with van der Waals surface area (Å²) in [6.07, 6.45) is 4.86. The molecule has 154 valence electrons. The maximum Gasteiger partial charge on any atom is 0.325 e. The number of carbonyl (C=O) groups excluding carboxylic acids is 3. The number of fused-ring (bicyclic) bond motifs is 1. The zero-order chi connectivity index (χ0) is 20.6. The Morgan fingerprint density at radius 2 is 2.00 bits per heavy atom. The number of carbonyl (C=O) groups is 3. The number of imide groups is 1. The van der Waals surface area contributed by atoms with Gasteiger partial charge in [-0.05, 0) is 50.8 Å². The molecule has 3 aliphatic rings. The van der Waals surface area contributed by atoms with E-state index in [1.807, 2.05) is 13.0 Å². The molecule has 1 aromatic rings. The van der Waals surface area contributed by atoms with E-state index >= 15 is 0 Å². The van der Waals surface area contributed by atoms with Crippen molar-refractivity contribution in [2.75, 3.05) is 26.3 Å². The van der Waals surface area contributed by atoms with Crippen molar-refractivity contribution in [1.29, 1.82) is 0 Å². The average molecular weight is 399 g/mol. The molecular weight excluding hydrogens is 374 g/mol. The number of benzene rings is 1. The van der Waals surface area contributed by atoms with E-state index in [9.17, 15) is 14.4 Å². The molecular formula is C21H25N3O5. The van der Waals surface area contributed by atoms with E-state index in [4.69, 9.17) is 9.47 Å². The molecule has 0 bridgehead atoms. The van der Waals surface area contributed by atoms with Gasteiger partial charge in [-0.15, -0.1) is 0 Å². The summed E-state index contributed by atoms with van der Waals surface area (Å²) in [5.41, 5.74) is 0.289. The predicted molar refractivity (Wildman–Crippen MR) is 104 cm³/mol. The fourth-order valence-electron chi connectivity index (χ4n) is 4.05. The van der Waals surface area contributed by atoms with Crippen LogP contribution in [0.4, 0.5) is 4.79 Å². The Morgan fingerprint density at radius 1 is 1.24 bits per heavy atom. The number of hydrogen-bond acceptors (Lipinski definition) is 5. The molecule has 1 atom stereocenters. The summed E-state index contributed by atoms with van der Waals surface area (Å²) in [5, 5.41) is 2.74. The maximum absolute atomic E-state index is 13.2. The number of nitrogens with one attached hydrogen (secondary N) is 1. The van der Waals surface area contributed by atoms with Gasteiger partial charge in [0.1, 0.15) is 25.3 Å². The lowest BCUT2D eigenvalue weighted by Crippen LogP contribution is -2.44. The second kappa shape index (κ2) is 7.42. The summed E-state index contributed by atoms with van der Waals surface area (Å²) in [7, 11) is 0. The molecule has 8 heteroatoms. The Kier molecular flexibility index (Phi) is 4.94. The van der Waals surface area contributed by atoms with Gasteiger partial charge in [-0.25, -0.2) is 4.79 Å². The molecule has 2 aliphatic heterocycles. The van der Waals surface area contributed by atoms with Crippen LogP contribution in [0.15, 0.2) is 30.0 Å². The van der Waals surface area contributed by atoms with Crippen LogP contribution in [-0.4, -0.2) is 53.9 Å². The molecule has 0 saturated carbocycles. The Labute approximate surface area is 169 Å². The minimum absolute atomic E-state index is 0.254. The maximum atomic E-state index is 13.2. The standard InChI is InChI=1S/C21H25N3O5/c1-3-23(15-6-4-5-7-15)18(25)13-24-19(26)21(2,22-20(24)27)14-8-9-16-17(12-14)29-11-10-28-16/h6,8-9,12H,3-5,7,10-11,13H2,1-2H3,(H,22,27). The number of urea groups is 1. The van der Waals surface area contributed by atoms with Crippen LogP contribution in [-0.2, 0) is 15.1 Å². The van der Waals surface area contributed by atoms with Crippen molar-refractivity contribution in [3.8, 4) is 11.5 Å². The number of hydrogen-bond donors (Lipinski definition) is 1. The predicted octanol–water partition coefficient (Wildman–Crippen LogP) is 2.14. The van der Waals surface area contributed by atoms with Crippen molar-refractivity contribution in [2.24, 2.45) is 0 Å². The van der Waals surface area contributed by atoms with Crippen molar-refractivity contribution < 1.29 is 23.9 Å². The highest BCUT2D eigenvalue weighted by Gasteiger charge is 2.50. The molecule has 4 amide bonds. The monoisotopic (exact) mass is 399 g/mol. The Balaban J connectivity index is 1.54. The number of ether oxygens (including phenoxy) is 2. The Bertz CT molecular complexity index is 896. The quantitative estimate of drug-likeness (QED) is 0.767. The van der Waals surface area contributed by atoms with Crippen molar-refractivity contribution >= 4 is 17.8 Å². The summed E-state index contributed by atoms with van der Waals surface area (Å²) in [6.45, 7) is 4.66. The van der Waals surface area contributed by atoms with Crippen molar-refractivity contribution in [3.63, 3.8) is 0 Å². The minimum Gasteiger partial charge on any atom is -0.486 e. The van der Waals surface area contributed by atoms with Gasteiger partial charge in [0.2, 0.25) is 5.91 Å². The third-order valence-electron chi connectivity index (χ3n) is 5.67. The smallest absolute Gasteiger partial charge is 0.325 e. The van der Waals surface area contributed by atoms with Crippen molar-refractivity contribution in [1.82, 2.24) is 15.1 Å². The van der Waals surface area contributed by atoms with E-state index in [1.54, 1.807) is 30.0 Å². The summed E-state index contributed by atoms with van der Waals surface area (Å²) in [5.74, 6) is 0.437. The largest absolute Gasteiger partial charge is 0.486 e. The molecule has 1 fully saturated rings. The normalized spacial score (nSPS) is 23.1. The van der Waals surface area contributed by atoms with Gasteiger partial charge in [0.15, 0.2) is 11.5 Å². The topological polar surface area (TPSA) is 88.2 Å². The van der Waals surface area contributed by atoms with Gasteiger partial charge in [0.25, 0.3) is 5.91 Å². The second-order valence-corrected chi connectivity index (χ2v) is 7.53. The highest BCUT2D eigenvalue weighted by molar-refractivity contribution is 6.09. The number of allylic oxidation sites excluding steroid dienone is 2. The first kappa shape index (κ1) is 19.3. The zero-order valence-corrected chi connectivity index (χ0v) is 16.7. The van der Waals surface area contributed by atoms with Crippen LogP contribution >= 0.6 is 0 Å². The van der Waals surface area contributed by atoms with Crippen LogP contribution in [0, 0.1) is 0 Å². The lowest BCUT2D eigenvalue weighted by atomic mass is 9.91. The van der Waals surface area contributed by atoms with Gasteiger partial charge in [-0.2, -0.15) is 0 Å².